The van der Waals surface area contributed by atoms with Crippen molar-refractivity contribution in [1.82, 2.24) is 25.9 Å². The van der Waals surface area contributed by atoms with Crippen LogP contribution in [0.2, 0.25) is 0 Å². The third-order valence-corrected chi connectivity index (χ3v) is 7.10. The molecule has 4 rings (SSSR count). The van der Waals surface area contributed by atoms with Crippen molar-refractivity contribution < 1.29 is 35.4 Å². The summed E-state index contributed by atoms with van der Waals surface area (Å²) in [5.41, 5.74) is 3.00. The highest BCUT2D eigenvalue weighted by atomic mass is 32.2. The maximum Gasteiger partial charge on any atom is 0.451 e. The normalized spacial score (nSPS) is 13.9. The molecule has 1 saturated heterocycles. The van der Waals surface area contributed by atoms with E-state index in [1.165, 1.54) is 6.07 Å². The lowest BCUT2D eigenvalue weighted by Gasteiger charge is -2.26. The number of nitriles is 1. The van der Waals surface area contributed by atoms with Gasteiger partial charge in [0.1, 0.15) is 11.9 Å². The summed E-state index contributed by atoms with van der Waals surface area (Å²) in [6.07, 6.45) is -1.71. The van der Waals surface area contributed by atoms with Crippen LogP contribution in [-0.2, 0) is 34.4 Å². The molecule has 0 spiro atoms. The van der Waals surface area contributed by atoms with Crippen LogP contribution >= 0.6 is 0 Å². The molecule has 16 heteroatoms. The van der Waals surface area contributed by atoms with Crippen LogP contribution in [0.4, 0.5) is 23.8 Å². The Kier molecular flexibility index (Phi) is 13.6. The molecule has 3 amide bonds. The first kappa shape index (κ1) is 36.4. The molecule has 1 aliphatic rings. The van der Waals surface area contributed by atoms with Gasteiger partial charge in [0.15, 0.2) is 0 Å². The van der Waals surface area contributed by atoms with Crippen molar-refractivity contribution in [3.05, 3.63) is 77.1 Å². The highest BCUT2D eigenvalue weighted by molar-refractivity contribution is 7.59. The Morgan fingerprint density at radius 3 is 2.09 bits per heavy atom. The third kappa shape index (κ3) is 11.7. The van der Waals surface area contributed by atoms with E-state index in [4.69, 9.17) is 17.9 Å². The van der Waals surface area contributed by atoms with Gasteiger partial charge in [-0.1, -0.05) is 43.3 Å². The molecule has 47 heavy (non-hydrogen) atoms. The molecule has 1 aromatic heterocycles. The maximum atomic E-state index is 13.8. The fourth-order valence-corrected chi connectivity index (χ4v) is 4.83. The van der Waals surface area contributed by atoms with Gasteiger partial charge in [0.2, 0.25) is 11.7 Å². The predicted molar refractivity (Wildman–Crippen MR) is 166 cm³/mol. The number of rotatable bonds is 11. The molecule has 3 N–H and O–H groups in total. The van der Waals surface area contributed by atoms with Gasteiger partial charge in [-0.25, -0.2) is 14.8 Å². The third-order valence-electron chi connectivity index (χ3n) is 7.10. The van der Waals surface area contributed by atoms with Gasteiger partial charge in [-0.15, -0.1) is 12.6 Å². The average molecular weight is 674 g/mol. The summed E-state index contributed by atoms with van der Waals surface area (Å²) >= 11 is 0. The smallest absolute Gasteiger partial charge is 0.354 e. The van der Waals surface area contributed by atoms with Crippen molar-refractivity contribution in [2.45, 2.75) is 51.2 Å². The van der Waals surface area contributed by atoms with Gasteiger partial charge >= 0.3 is 22.8 Å². The van der Waals surface area contributed by atoms with Crippen molar-refractivity contribution in [2.24, 2.45) is 0 Å². The number of aromatic nitrogens is 2. The summed E-state index contributed by atoms with van der Waals surface area (Å²) in [6, 6.07) is 16.7. The van der Waals surface area contributed by atoms with Crippen LogP contribution in [0.5, 0.6) is 0 Å². The van der Waals surface area contributed by atoms with E-state index in [9.17, 15) is 22.8 Å². The number of hydrogen-bond acceptors (Lipinski definition) is 9. The number of alkyl halides is 3. The highest BCUT2D eigenvalue weighted by Gasteiger charge is 2.38. The Morgan fingerprint density at radius 2 is 1.51 bits per heavy atom. The zero-order chi connectivity index (χ0) is 34.4. The molecule has 1 fully saturated rings. The lowest BCUT2D eigenvalue weighted by molar-refractivity contribution is -0.144. The quantitative estimate of drug-likeness (QED) is 0.275. The van der Waals surface area contributed by atoms with Gasteiger partial charge in [0, 0.05) is 37.8 Å². The molecule has 0 radical (unpaired) electrons. The van der Waals surface area contributed by atoms with E-state index in [1.807, 2.05) is 19.1 Å². The van der Waals surface area contributed by atoms with Crippen LogP contribution in [0.15, 0.2) is 54.6 Å². The summed E-state index contributed by atoms with van der Waals surface area (Å²) < 4.78 is 66.9. The van der Waals surface area contributed by atoms with Gasteiger partial charge in [0.25, 0.3) is 0 Å². The molecular formula is C31H34F3N7O5S. The van der Waals surface area contributed by atoms with Crippen molar-refractivity contribution in [3.63, 3.8) is 0 Å². The van der Waals surface area contributed by atoms with E-state index >= 15 is 0 Å². The Morgan fingerprint density at radius 1 is 0.936 bits per heavy atom. The summed E-state index contributed by atoms with van der Waals surface area (Å²) in [5.74, 6) is -1.49. The summed E-state index contributed by atoms with van der Waals surface area (Å²) in [5, 5.41) is 17.3. The predicted octanol–water partition coefficient (Wildman–Crippen LogP) is 3.61. The molecule has 2 aromatic carbocycles. The number of hydrogen-bond donors (Lipinski definition) is 3. The minimum absolute atomic E-state index is 0.0495. The molecule has 1 atom stereocenters. The van der Waals surface area contributed by atoms with E-state index in [0.717, 1.165) is 17.5 Å². The molecule has 0 unspecified atom stereocenters. The molecule has 12 nitrogen and oxygen atoms in total. The number of carbonyl (C=O) groups is 2. The van der Waals surface area contributed by atoms with Gasteiger partial charge in [-0.2, -0.15) is 18.4 Å². The second-order valence-electron chi connectivity index (χ2n) is 10.5. The van der Waals surface area contributed by atoms with Crippen LogP contribution in [-0.4, -0.2) is 66.8 Å². The van der Waals surface area contributed by atoms with Crippen LogP contribution in [0, 0.1) is 11.3 Å². The molecule has 1 aliphatic heterocycles. The summed E-state index contributed by atoms with van der Waals surface area (Å²) in [4.78, 5) is 34.0. The molecule has 0 bridgehead atoms. The van der Waals surface area contributed by atoms with Gasteiger partial charge in [-0.05, 0) is 55.4 Å². The van der Waals surface area contributed by atoms with E-state index in [-0.39, 0.29) is 23.5 Å². The number of nitrogens with one attached hydrogen (secondary N) is 3. The zero-order valence-corrected chi connectivity index (χ0v) is 26.3. The lowest BCUT2D eigenvalue weighted by atomic mass is 10.1. The Bertz CT molecular complexity index is 1660. The van der Waals surface area contributed by atoms with Crippen molar-refractivity contribution in [2.75, 3.05) is 31.1 Å². The van der Waals surface area contributed by atoms with Gasteiger partial charge < -0.3 is 20.9 Å². The second-order valence-corrected chi connectivity index (χ2v) is 10.9. The summed E-state index contributed by atoms with van der Waals surface area (Å²) in [6.45, 7) is 3.70. The van der Waals surface area contributed by atoms with Crippen molar-refractivity contribution >= 4 is 28.4 Å². The number of nitrogens with zero attached hydrogens (tertiary/aromatic N) is 4. The molecule has 3 aromatic rings. The van der Waals surface area contributed by atoms with Crippen molar-refractivity contribution in [1.29, 1.82) is 5.26 Å². The molecular weight excluding hydrogens is 639 g/mol. The van der Waals surface area contributed by atoms with E-state index in [2.05, 4.69) is 32.0 Å². The molecule has 0 aliphatic carbocycles. The number of urea groups is 1. The largest absolute Gasteiger partial charge is 0.451 e. The fourth-order valence-electron chi connectivity index (χ4n) is 4.83. The first-order valence-electron chi connectivity index (χ1n) is 14.8. The van der Waals surface area contributed by atoms with E-state index in [0.29, 0.717) is 63.0 Å². The summed E-state index contributed by atoms with van der Waals surface area (Å²) in [7, 11) is -3.11. The van der Waals surface area contributed by atoms with E-state index in [1.54, 1.807) is 41.3 Å². The minimum atomic E-state index is -4.77. The van der Waals surface area contributed by atoms with Gasteiger partial charge in [0.05, 0.1) is 17.3 Å². The highest BCUT2D eigenvalue weighted by Crippen LogP contribution is 2.33. The number of amides is 3. The Balaban J connectivity index is 0.00000142. The van der Waals surface area contributed by atoms with Crippen LogP contribution in [0.1, 0.15) is 48.7 Å². The van der Waals surface area contributed by atoms with Crippen LogP contribution in [0.3, 0.4) is 0 Å². The van der Waals surface area contributed by atoms with Crippen molar-refractivity contribution in [3.8, 4) is 17.3 Å². The maximum absolute atomic E-state index is 13.8. The van der Waals surface area contributed by atoms with Crippen LogP contribution < -0.4 is 20.9 Å². The second kappa shape index (κ2) is 17.6. The SMILES string of the molecule is CCCNC(=O)NCCc1ccc(-c2cc(N3CCC[C@H]3C(=O)NCCc3ccc(C#N)cc3)nc(C(F)(F)F)n2)cc1.O=S(=O)=O. The lowest BCUT2D eigenvalue weighted by Crippen LogP contribution is -2.44. The number of carbonyl (C=O) groups excluding carboxylic acids is 2. The zero-order valence-electron chi connectivity index (χ0n) is 25.5. The van der Waals surface area contributed by atoms with E-state index < -0.39 is 28.7 Å². The fraction of sp³-hybridized carbons (Fsp3) is 0.387. The minimum Gasteiger partial charge on any atom is -0.354 e. The molecule has 250 valence electrons. The number of halogens is 3. The topological polar surface area (TPSA) is 174 Å². The van der Waals surface area contributed by atoms with Crippen LogP contribution in [0.25, 0.3) is 11.3 Å². The molecule has 2 heterocycles. The standard InChI is InChI=1S/C31H34F3N7O2.O3S/c1-2-15-37-30(43)38-17-14-22-9-11-24(12-10-22)25-19-27(40-29(39-25)31(32,33)34)41-18-3-4-26(41)28(42)36-16-13-21-5-7-23(20-35)8-6-21;1-4(2)3/h5-12,19,26H,2-4,13-18H2,1H3,(H,36,42)(H2,37,38,43);/t26-;/m0./s1. The average Bonchev–Trinajstić information content (AvgIpc) is 3.54. The first-order chi connectivity index (χ1) is 22.4. The monoisotopic (exact) mass is 673 g/mol. The number of benzene rings is 2. The van der Waals surface area contributed by atoms with Gasteiger partial charge in [-0.3, -0.25) is 4.79 Å². The number of anilines is 1. The Hall–Kier alpha value is -5.04. The first-order valence-corrected chi connectivity index (χ1v) is 15.8. The molecule has 0 saturated carbocycles. The Labute approximate surface area is 271 Å².